The van der Waals surface area contributed by atoms with Crippen molar-refractivity contribution in [2.45, 2.75) is 82.8 Å². The summed E-state index contributed by atoms with van der Waals surface area (Å²) in [7, 11) is 0. The first kappa shape index (κ1) is 20.3. The molecule has 1 aliphatic carbocycles. The van der Waals surface area contributed by atoms with E-state index in [0.29, 0.717) is 0 Å². The summed E-state index contributed by atoms with van der Waals surface area (Å²) in [5.41, 5.74) is 9.50. The Kier molecular flexibility index (Phi) is 6.87. The van der Waals surface area contributed by atoms with E-state index >= 15 is 0 Å². The molecule has 0 nitrogen and oxygen atoms in total. The van der Waals surface area contributed by atoms with Gasteiger partial charge in [0.15, 0.2) is 0 Å². The summed E-state index contributed by atoms with van der Waals surface area (Å²) in [6, 6.07) is 11.5. The zero-order valence-corrected chi connectivity index (χ0v) is 18.3. The molecule has 0 heterocycles. The molecule has 0 atom stereocenters. The van der Waals surface area contributed by atoms with Crippen LogP contribution in [-0.2, 0) is 6.42 Å². The van der Waals surface area contributed by atoms with Crippen LogP contribution < -0.4 is 0 Å². The number of benzene rings is 2. The van der Waals surface area contributed by atoms with Crippen molar-refractivity contribution >= 4 is 17.3 Å². The Morgan fingerprint density at radius 2 is 1.85 bits per heavy atom. The molecule has 2 aromatic carbocycles. The van der Waals surface area contributed by atoms with Gasteiger partial charge in [-0.2, -0.15) is 0 Å². The lowest BCUT2D eigenvalue weighted by Gasteiger charge is -2.27. The van der Waals surface area contributed by atoms with Gasteiger partial charge >= 0.3 is 0 Å². The molecule has 1 heteroatoms. The number of hydrogen-bond donors (Lipinski definition) is 0. The maximum atomic E-state index is 4.23. The minimum Gasteiger partial charge on any atom is -0.122 e. The van der Waals surface area contributed by atoms with E-state index < -0.39 is 0 Å². The van der Waals surface area contributed by atoms with Crippen LogP contribution in [0.5, 0.6) is 0 Å². The van der Waals surface area contributed by atoms with Crippen molar-refractivity contribution in [1.82, 2.24) is 0 Å². The van der Waals surface area contributed by atoms with Gasteiger partial charge in [0.05, 0.1) is 0 Å². The molecule has 0 aliphatic heterocycles. The highest BCUT2D eigenvalue weighted by atomic mass is 32.2. The first-order valence-corrected chi connectivity index (χ1v) is 11.4. The summed E-state index contributed by atoms with van der Waals surface area (Å²) < 4.78 is 0. The predicted octanol–water partition coefficient (Wildman–Crippen LogP) is 8.38. The van der Waals surface area contributed by atoms with Crippen LogP contribution in [0.3, 0.4) is 0 Å². The van der Waals surface area contributed by atoms with E-state index in [4.69, 9.17) is 0 Å². The highest BCUT2D eigenvalue weighted by Gasteiger charge is 2.22. The van der Waals surface area contributed by atoms with Crippen molar-refractivity contribution in [3.8, 4) is 11.1 Å². The van der Waals surface area contributed by atoms with Crippen molar-refractivity contribution in [2.75, 3.05) is 0 Å². The van der Waals surface area contributed by atoms with Crippen LogP contribution in [0.25, 0.3) is 16.7 Å². The first-order valence-electron chi connectivity index (χ1n) is 10.6. The topological polar surface area (TPSA) is 0 Å². The Balaban J connectivity index is 2.05. The lowest BCUT2D eigenvalue weighted by molar-refractivity contribution is 0.522. The van der Waals surface area contributed by atoms with E-state index in [1.807, 2.05) is 0 Å². The van der Waals surface area contributed by atoms with Gasteiger partial charge in [-0.05, 0) is 74.3 Å². The van der Waals surface area contributed by atoms with E-state index in [0.717, 1.165) is 10.8 Å². The number of aryl methyl sites for hydroxylation is 2. The molecule has 144 valence electrons. The van der Waals surface area contributed by atoms with Gasteiger partial charge in [-0.15, -0.1) is 11.8 Å². The summed E-state index contributed by atoms with van der Waals surface area (Å²) in [4.78, 5) is 1.56. The molecule has 2 aromatic rings. The number of unbranched alkanes of at least 4 members (excludes halogenated alkanes) is 2. The van der Waals surface area contributed by atoms with Crippen LogP contribution in [0.1, 0.15) is 74.6 Å². The number of rotatable bonds is 8. The Morgan fingerprint density at radius 3 is 2.48 bits per heavy atom. The van der Waals surface area contributed by atoms with Gasteiger partial charge in [0.2, 0.25) is 0 Å². The molecule has 0 bridgehead atoms. The van der Waals surface area contributed by atoms with Crippen molar-refractivity contribution in [3.63, 3.8) is 0 Å². The third kappa shape index (κ3) is 4.69. The molecule has 0 saturated heterocycles. The molecule has 1 aliphatic rings. The largest absolute Gasteiger partial charge is 0.122 e. The second kappa shape index (κ2) is 9.15. The van der Waals surface area contributed by atoms with E-state index in [9.17, 15) is 0 Å². The average molecular weight is 379 g/mol. The zero-order chi connectivity index (χ0) is 19.4. The predicted molar refractivity (Wildman–Crippen MR) is 123 cm³/mol. The fourth-order valence-corrected chi connectivity index (χ4v) is 5.38. The average Bonchev–Trinajstić information content (AvgIpc) is 2.59. The quantitative estimate of drug-likeness (QED) is 0.416. The van der Waals surface area contributed by atoms with Crippen LogP contribution in [-0.4, -0.2) is 5.25 Å². The Bertz CT molecular complexity index is 811. The molecular formula is C26H34S. The zero-order valence-electron chi connectivity index (χ0n) is 17.5. The standard InChI is InChI=1S/C26H34S/c1-6-7-8-10-21-14-16-24(20(5)26(21)27-22-11-9-12-22)25-17-19(4)13-15-23(25)18(2)3/h13-17,22H,2,6-12H2,1,3-5H3. The second-order valence-electron chi connectivity index (χ2n) is 8.18. The van der Waals surface area contributed by atoms with E-state index in [1.165, 1.54) is 72.8 Å². The second-order valence-corrected chi connectivity index (χ2v) is 9.49. The van der Waals surface area contributed by atoms with Crippen LogP contribution in [0.4, 0.5) is 0 Å². The third-order valence-electron chi connectivity index (χ3n) is 5.80. The molecule has 0 radical (unpaired) electrons. The molecule has 0 unspecified atom stereocenters. The van der Waals surface area contributed by atoms with Crippen LogP contribution >= 0.6 is 11.8 Å². The number of thioether (sulfide) groups is 1. The van der Waals surface area contributed by atoms with Crippen molar-refractivity contribution in [3.05, 3.63) is 59.2 Å². The van der Waals surface area contributed by atoms with Crippen LogP contribution in [0.2, 0.25) is 0 Å². The van der Waals surface area contributed by atoms with Crippen molar-refractivity contribution in [1.29, 1.82) is 0 Å². The maximum absolute atomic E-state index is 4.23. The van der Waals surface area contributed by atoms with Crippen LogP contribution in [0.15, 0.2) is 41.8 Å². The minimum atomic E-state index is 0.821. The van der Waals surface area contributed by atoms with E-state index in [2.05, 4.69) is 76.4 Å². The smallest absolute Gasteiger partial charge is 0.0142 e. The Hall–Kier alpha value is -1.47. The highest BCUT2D eigenvalue weighted by molar-refractivity contribution is 8.00. The number of allylic oxidation sites excluding steroid dienone is 1. The lowest BCUT2D eigenvalue weighted by Crippen LogP contribution is -2.13. The summed E-state index contributed by atoms with van der Waals surface area (Å²) in [5.74, 6) is 0. The minimum absolute atomic E-state index is 0.821. The fraction of sp³-hybridized carbons (Fsp3) is 0.462. The van der Waals surface area contributed by atoms with Gasteiger partial charge in [0, 0.05) is 10.1 Å². The molecule has 3 rings (SSSR count). The van der Waals surface area contributed by atoms with Gasteiger partial charge in [-0.3, -0.25) is 0 Å². The van der Waals surface area contributed by atoms with Gasteiger partial charge in [-0.1, -0.05) is 74.2 Å². The Morgan fingerprint density at radius 1 is 1.07 bits per heavy atom. The molecule has 0 spiro atoms. The van der Waals surface area contributed by atoms with Gasteiger partial charge in [0.25, 0.3) is 0 Å². The summed E-state index contributed by atoms with van der Waals surface area (Å²) in [6.45, 7) is 13.2. The highest BCUT2D eigenvalue weighted by Crippen LogP contribution is 2.43. The first-order chi connectivity index (χ1) is 13.0. The normalized spacial score (nSPS) is 14.2. The van der Waals surface area contributed by atoms with Gasteiger partial charge in [0.1, 0.15) is 0 Å². The molecule has 0 N–H and O–H groups in total. The van der Waals surface area contributed by atoms with E-state index in [-0.39, 0.29) is 0 Å². The fourth-order valence-electron chi connectivity index (χ4n) is 3.87. The van der Waals surface area contributed by atoms with Crippen LogP contribution in [0, 0.1) is 13.8 Å². The van der Waals surface area contributed by atoms with Gasteiger partial charge < -0.3 is 0 Å². The third-order valence-corrected chi connectivity index (χ3v) is 7.41. The molecule has 1 fully saturated rings. The SMILES string of the molecule is C=C(C)c1ccc(C)cc1-c1ccc(CCCCC)c(SC2CCC2)c1C. The summed E-state index contributed by atoms with van der Waals surface area (Å²) in [5, 5.41) is 0.821. The monoisotopic (exact) mass is 378 g/mol. The molecule has 0 aromatic heterocycles. The van der Waals surface area contributed by atoms with Crippen molar-refractivity contribution in [2.24, 2.45) is 0 Å². The maximum Gasteiger partial charge on any atom is 0.0142 e. The molecular weight excluding hydrogens is 344 g/mol. The lowest BCUT2D eigenvalue weighted by atomic mass is 9.90. The molecule has 1 saturated carbocycles. The van der Waals surface area contributed by atoms with E-state index in [1.54, 1.807) is 10.5 Å². The molecule has 27 heavy (non-hydrogen) atoms. The summed E-state index contributed by atoms with van der Waals surface area (Å²) in [6.07, 6.45) is 9.28. The van der Waals surface area contributed by atoms with Crippen molar-refractivity contribution < 1.29 is 0 Å². The Labute approximate surface area is 170 Å². The van der Waals surface area contributed by atoms with Gasteiger partial charge in [-0.25, -0.2) is 0 Å². The molecule has 0 amide bonds. The number of hydrogen-bond acceptors (Lipinski definition) is 1. The summed E-state index contributed by atoms with van der Waals surface area (Å²) >= 11 is 2.15.